The lowest BCUT2D eigenvalue weighted by Crippen LogP contribution is -2.44. The number of hydrogen-bond donors (Lipinski definition) is 3. The van der Waals surface area contributed by atoms with Crippen LogP contribution in [0.3, 0.4) is 0 Å². The molecule has 1 heterocycles. The van der Waals surface area contributed by atoms with E-state index in [2.05, 4.69) is 16.2 Å². The summed E-state index contributed by atoms with van der Waals surface area (Å²) in [6.07, 6.45) is 4.33. The molecule has 3 aromatic rings. The van der Waals surface area contributed by atoms with Gasteiger partial charge in [-0.05, 0) is 29.8 Å². The summed E-state index contributed by atoms with van der Waals surface area (Å²) in [6.45, 7) is -0.150. The Balaban J connectivity index is 1.35. The van der Waals surface area contributed by atoms with Crippen molar-refractivity contribution in [1.82, 2.24) is 16.2 Å². The van der Waals surface area contributed by atoms with Crippen molar-refractivity contribution in [2.75, 3.05) is 13.2 Å². The molecular formula is C24H23N3O5. The molecule has 3 rings (SSSR count). The van der Waals surface area contributed by atoms with Gasteiger partial charge in [0.25, 0.3) is 5.91 Å². The van der Waals surface area contributed by atoms with E-state index in [4.69, 9.17) is 9.15 Å². The molecule has 3 amide bonds. The van der Waals surface area contributed by atoms with Crippen LogP contribution in [0.5, 0.6) is 5.75 Å². The van der Waals surface area contributed by atoms with Gasteiger partial charge in [-0.2, -0.15) is 0 Å². The molecule has 0 radical (unpaired) electrons. The molecule has 0 spiro atoms. The monoisotopic (exact) mass is 433 g/mol. The van der Waals surface area contributed by atoms with E-state index in [0.29, 0.717) is 11.5 Å². The van der Waals surface area contributed by atoms with Crippen LogP contribution < -0.4 is 20.9 Å². The Morgan fingerprint density at radius 1 is 0.875 bits per heavy atom. The number of carbonyl (C=O) groups excluding carboxylic acids is 3. The van der Waals surface area contributed by atoms with Gasteiger partial charge in [0, 0.05) is 24.6 Å². The Bertz CT molecular complexity index is 1060. The highest BCUT2D eigenvalue weighted by molar-refractivity contribution is 5.91. The van der Waals surface area contributed by atoms with Crippen molar-refractivity contribution in [3.63, 3.8) is 0 Å². The molecule has 0 aliphatic carbocycles. The second-order valence-corrected chi connectivity index (χ2v) is 6.64. The van der Waals surface area contributed by atoms with E-state index in [1.54, 1.807) is 18.2 Å². The SMILES string of the molecule is O=C(C=Cc1ccco1)NCCC(=O)NNC(=O)COc1ccccc1-c1ccccc1. The number of hydrogen-bond acceptors (Lipinski definition) is 5. The summed E-state index contributed by atoms with van der Waals surface area (Å²) in [5.74, 6) is -0.201. The van der Waals surface area contributed by atoms with E-state index in [1.807, 2.05) is 48.5 Å². The summed E-state index contributed by atoms with van der Waals surface area (Å²) < 4.78 is 10.7. The number of hydrazine groups is 1. The minimum atomic E-state index is -0.508. The van der Waals surface area contributed by atoms with Gasteiger partial charge >= 0.3 is 0 Å². The average Bonchev–Trinajstić information content (AvgIpc) is 3.34. The summed E-state index contributed by atoms with van der Waals surface area (Å²) in [5, 5.41) is 2.57. The molecule has 0 fully saturated rings. The molecule has 0 unspecified atom stereocenters. The Labute approximate surface area is 185 Å². The predicted octanol–water partition coefficient (Wildman–Crippen LogP) is 2.69. The van der Waals surface area contributed by atoms with Gasteiger partial charge in [-0.3, -0.25) is 25.2 Å². The van der Waals surface area contributed by atoms with E-state index >= 15 is 0 Å². The maximum absolute atomic E-state index is 12.0. The number of benzene rings is 2. The second kappa shape index (κ2) is 11.8. The maximum atomic E-state index is 12.0. The highest BCUT2D eigenvalue weighted by atomic mass is 16.5. The molecule has 0 aliphatic rings. The van der Waals surface area contributed by atoms with Crippen LogP contribution in [-0.2, 0) is 14.4 Å². The van der Waals surface area contributed by atoms with Crippen LogP contribution in [0.4, 0.5) is 0 Å². The summed E-state index contributed by atoms with van der Waals surface area (Å²) in [7, 11) is 0. The molecule has 3 N–H and O–H groups in total. The van der Waals surface area contributed by atoms with Crippen molar-refractivity contribution >= 4 is 23.8 Å². The molecule has 1 aromatic heterocycles. The lowest BCUT2D eigenvalue weighted by molar-refractivity contribution is -0.130. The second-order valence-electron chi connectivity index (χ2n) is 6.64. The first-order valence-corrected chi connectivity index (χ1v) is 9.96. The third kappa shape index (κ3) is 7.17. The molecule has 32 heavy (non-hydrogen) atoms. The highest BCUT2D eigenvalue weighted by Gasteiger charge is 2.09. The summed E-state index contributed by atoms with van der Waals surface area (Å²) in [6, 6.07) is 20.5. The third-order valence-electron chi connectivity index (χ3n) is 4.27. The van der Waals surface area contributed by atoms with Crippen LogP contribution in [0.25, 0.3) is 17.2 Å². The highest BCUT2D eigenvalue weighted by Crippen LogP contribution is 2.29. The van der Waals surface area contributed by atoms with Crippen molar-refractivity contribution in [2.45, 2.75) is 6.42 Å². The first-order valence-electron chi connectivity index (χ1n) is 9.96. The van der Waals surface area contributed by atoms with E-state index in [-0.39, 0.29) is 25.5 Å². The zero-order valence-corrected chi connectivity index (χ0v) is 17.2. The minimum Gasteiger partial charge on any atom is -0.483 e. The number of ether oxygens (including phenoxy) is 1. The maximum Gasteiger partial charge on any atom is 0.276 e. The van der Waals surface area contributed by atoms with Gasteiger partial charge in [-0.15, -0.1) is 0 Å². The van der Waals surface area contributed by atoms with Crippen LogP contribution in [0.1, 0.15) is 12.2 Å². The van der Waals surface area contributed by atoms with Crippen LogP contribution >= 0.6 is 0 Å². The van der Waals surface area contributed by atoms with Crippen LogP contribution in [0.15, 0.2) is 83.5 Å². The van der Waals surface area contributed by atoms with Gasteiger partial charge < -0.3 is 14.5 Å². The Kier molecular flexibility index (Phi) is 8.21. The normalized spacial score (nSPS) is 10.5. The predicted molar refractivity (Wildman–Crippen MR) is 119 cm³/mol. The van der Waals surface area contributed by atoms with E-state index in [9.17, 15) is 14.4 Å². The third-order valence-corrected chi connectivity index (χ3v) is 4.27. The van der Waals surface area contributed by atoms with Crippen LogP contribution in [-0.4, -0.2) is 30.9 Å². The van der Waals surface area contributed by atoms with Crippen molar-refractivity contribution in [3.05, 3.63) is 84.8 Å². The first-order chi connectivity index (χ1) is 15.6. The largest absolute Gasteiger partial charge is 0.483 e. The van der Waals surface area contributed by atoms with E-state index in [1.165, 1.54) is 18.4 Å². The lowest BCUT2D eigenvalue weighted by atomic mass is 10.1. The van der Waals surface area contributed by atoms with Crippen LogP contribution in [0.2, 0.25) is 0 Å². The van der Waals surface area contributed by atoms with E-state index < -0.39 is 11.8 Å². The quantitative estimate of drug-likeness (QED) is 0.355. The molecule has 2 aromatic carbocycles. The molecule has 8 heteroatoms. The van der Waals surface area contributed by atoms with Gasteiger partial charge in [0.2, 0.25) is 11.8 Å². The number of para-hydroxylation sites is 1. The lowest BCUT2D eigenvalue weighted by Gasteiger charge is -2.12. The number of rotatable bonds is 9. The Hall–Kier alpha value is -4.33. The molecule has 0 bridgehead atoms. The Morgan fingerprint density at radius 3 is 2.41 bits per heavy atom. The molecule has 164 valence electrons. The van der Waals surface area contributed by atoms with Gasteiger partial charge in [0.05, 0.1) is 6.26 Å². The number of carbonyl (C=O) groups is 3. The summed E-state index contributed by atoms with van der Waals surface area (Å²) in [4.78, 5) is 35.5. The zero-order valence-electron chi connectivity index (χ0n) is 17.2. The molecule has 8 nitrogen and oxygen atoms in total. The van der Waals surface area contributed by atoms with Gasteiger partial charge in [0.1, 0.15) is 11.5 Å². The van der Waals surface area contributed by atoms with E-state index in [0.717, 1.165) is 11.1 Å². The minimum absolute atomic E-state index is 0.00168. The first kappa shape index (κ1) is 22.4. The van der Waals surface area contributed by atoms with Gasteiger partial charge in [-0.25, -0.2) is 0 Å². The zero-order chi connectivity index (χ0) is 22.6. The summed E-state index contributed by atoms with van der Waals surface area (Å²) >= 11 is 0. The number of furan rings is 1. The topological polar surface area (TPSA) is 110 Å². The standard InChI is InChI=1S/C24H23N3O5/c28-22(13-12-19-9-6-16-31-19)25-15-14-23(29)26-27-24(30)17-32-21-11-5-4-10-20(21)18-7-2-1-3-8-18/h1-13,16H,14-15,17H2,(H,25,28)(H,26,29)(H,27,30). The van der Waals surface area contributed by atoms with Crippen molar-refractivity contribution in [1.29, 1.82) is 0 Å². The molecule has 0 saturated carbocycles. The van der Waals surface area contributed by atoms with Crippen molar-refractivity contribution in [3.8, 4) is 16.9 Å². The molecule has 0 atom stereocenters. The average molecular weight is 433 g/mol. The van der Waals surface area contributed by atoms with Crippen molar-refractivity contribution in [2.24, 2.45) is 0 Å². The summed E-state index contributed by atoms with van der Waals surface area (Å²) in [5.41, 5.74) is 6.41. The number of amides is 3. The molecular weight excluding hydrogens is 410 g/mol. The smallest absolute Gasteiger partial charge is 0.276 e. The molecule has 0 saturated heterocycles. The number of nitrogens with one attached hydrogen (secondary N) is 3. The van der Waals surface area contributed by atoms with Crippen LogP contribution in [0, 0.1) is 0 Å². The van der Waals surface area contributed by atoms with Gasteiger partial charge in [-0.1, -0.05) is 48.5 Å². The molecule has 0 aliphatic heterocycles. The van der Waals surface area contributed by atoms with Gasteiger partial charge in [0.15, 0.2) is 6.61 Å². The van der Waals surface area contributed by atoms with Crippen molar-refractivity contribution < 1.29 is 23.5 Å². The fraction of sp³-hybridized carbons (Fsp3) is 0.125. The Morgan fingerprint density at radius 2 is 1.62 bits per heavy atom. The fourth-order valence-corrected chi connectivity index (χ4v) is 2.73. The fourth-order valence-electron chi connectivity index (χ4n) is 2.73.